The molecule has 2 unspecified atom stereocenters. The van der Waals surface area contributed by atoms with Crippen LogP contribution in [0.2, 0.25) is 0 Å². The molecular formula is C19H32N2. The highest BCUT2D eigenvalue weighted by molar-refractivity contribution is 5.30. The Bertz CT molecular complexity index is 480. The van der Waals surface area contributed by atoms with E-state index < -0.39 is 0 Å². The van der Waals surface area contributed by atoms with E-state index in [1.165, 1.54) is 23.1 Å². The van der Waals surface area contributed by atoms with Crippen LogP contribution in [0.1, 0.15) is 50.8 Å². The van der Waals surface area contributed by atoms with Gasteiger partial charge in [-0.15, -0.1) is 0 Å². The second kappa shape index (κ2) is 6.50. The van der Waals surface area contributed by atoms with Crippen LogP contribution < -0.4 is 5.32 Å². The van der Waals surface area contributed by atoms with Crippen LogP contribution >= 0.6 is 0 Å². The first-order valence-corrected chi connectivity index (χ1v) is 8.40. The van der Waals surface area contributed by atoms with Crippen molar-refractivity contribution in [1.29, 1.82) is 0 Å². The van der Waals surface area contributed by atoms with E-state index in [9.17, 15) is 0 Å². The summed E-state index contributed by atoms with van der Waals surface area (Å²) in [5.41, 5.74) is 4.52. The fraction of sp³-hybridized carbons (Fsp3) is 0.684. The molecular weight excluding hydrogens is 256 g/mol. The van der Waals surface area contributed by atoms with Crippen molar-refractivity contribution in [2.75, 3.05) is 13.1 Å². The molecule has 1 aromatic carbocycles. The molecule has 21 heavy (non-hydrogen) atoms. The maximum atomic E-state index is 3.78. The van der Waals surface area contributed by atoms with Crippen LogP contribution in [0.3, 0.4) is 0 Å². The minimum Gasteiger partial charge on any atom is -0.309 e. The van der Waals surface area contributed by atoms with Crippen LogP contribution in [0, 0.1) is 19.8 Å². The van der Waals surface area contributed by atoms with Crippen molar-refractivity contribution in [2.45, 2.75) is 66.1 Å². The molecule has 1 aliphatic heterocycles. The zero-order chi connectivity index (χ0) is 15.6. The lowest BCUT2D eigenvalue weighted by atomic mass is 9.89. The van der Waals surface area contributed by atoms with Gasteiger partial charge in [-0.25, -0.2) is 0 Å². The Kier molecular flexibility index (Phi) is 5.11. The summed E-state index contributed by atoms with van der Waals surface area (Å²) >= 11 is 0. The second-order valence-electron chi connectivity index (χ2n) is 7.44. The van der Waals surface area contributed by atoms with Crippen molar-refractivity contribution < 1.29 is 0 Å². The average molecular weight is 288 g/mol. The number of rotatable bonds is 4. The van der Waals surface area contributed by atoms with Gasteiger partial charge in [0, 0.05) is 31.2 Å². The lowest BCUT2D eigenvalue weighted by Crippen LogP contribution is -2.63. The molecule has 1 aromatic rings. The van der Waals surface area contributed by atoms with Crippen molar-refractivity contribution >= 4 is 0 Å². The van der Waals surface area contributed by atoms with Crippen LogP contribution in [0.4, 0.5) is 0 Å². The van der Waals surface area contributed by atoms with Crippen molar-refractivity contribution in [3.05, 3.63) is 34.9 Å². The van der Waals surface area contributed by atoms with Crippen LogP contribution in [0.5, 0.6) is 0 Å². The lowest BCUT2D eigenvalue weighted by molar-refractivity contribution is 0.0537. The number of piperazine rings is 1. The van der Waals surface area contributed by atoms with E-state index in [0.29, 0.717) is 12.0 Å². The molecule has 0 amide bonds. The predicted octanol–water partition coefficient (Wildman–Crippen LogP) is 3.90. The minimum atomic E-state index is 0.253. The van der Waals surface area contributed by atoms with Crippen molar-refractivity contribution in [2.24, 2.45) is 5.92 Å². The Hall–Kier alpha value is -0.860. The Morgan fingerprint density at radius 3 is 2.67 bits per heavy atom. The number of benzene rings is 1. The van der Waals surface area contributed by atoms with Gasteiger partial charge in [0.25, 0.3) is 0 Å². The number of nitrogens with zero attached hydrogens (tertiary/aromatic N) is 1. The molecule has 1 heterocycles. The molecule has 2 rings (SSSR count). The van der Waals surface area contributed by atoms with Crippen molar-refractivity contribution in [3.8, 4) is 0 Å². The van der Waals surface area contributed by atoms with Crippen LogP contribution in [-0.4, -0.2) is 29.6 Å². The Morgan fingerprint density at radius 2 is 2.05 bits per heavy atom. The molecule has 2 atom stereocenters. The van der Waals surface area contributed by atoms with E-state index >= 15 is 0 Å². The summed E-state index contributed by atoms with van der Waals surface area (Å²) in [6, 6.07) is 7.46. The van der Waals surface area contributed by atoms with Gasteiger partial charge in [-0.2, -0.15) is 0 Å². The van der Waals surface area contributed by atoms with Gasteiger partial charge >= 0.3 is 0 Å². The molecule has 2 heteroatoms. The summed E-state index contributed by atoms with van der Waals surface area (Å²) in [6.45, 7) is 17.1. The Balaban J connectivity index is 2.22. The van der Waals surface area contributed by atoms with E-state index in [1.54, 1.807) is 0 Å². The Labute approximate surface area is 130 Å². The Morgan fingerprint density at radius 1 is 1.33 bits per heavy atom. The third-order valence-corrected chi connectivity index (χ3v) is 5.19. The largest absolute Gasteiger partial charge is 0.309 e. The number of nitrogens with one attached hydrogen (secondary N) is 1. The summed E-state index contributed by atoms with van der Waals surface area (Å²) in [7, 11) is 0. The summed E-state index contributed by atoms with van der Waals surface area (Å²) in [4.78, 5) is 2.70. The molecule has 0 aromatic heterocycles. The maximum Gasteiger partial charge on any atom is 0.0278 e. The molecule has 0 saturated carbocycles. The predicted molar refractivity (Wildman–Crippen MR) is 91.7 cm³/mol. The molecule has 0 radical (unpaired) electrons. The van der Waals surface area contributed by atoms with Gasteiger partial charge in [0.15, 0.2) is 0 Å². The molecule has 1 fully saturated rings. The van der Waals surface area contributed by atoms with Gasteiger partial charge in [-0.05, 0) is 44.2 Å². The first-order chi connectivity index (χ1) is 9.84. The van der Waals surface area contributed by atoms with E-state index in [-0.39, 0.29) is 5.54 Å². The van der Waals surface area contributed by atoms with E-state index in [1.807, 2.05) is 0 Å². The van der Waals surface area contributed by atoms with Gasteiger partial charge < -0.3 is 5.32 Å². The van der Waals surface area contributed by atoms with Crippen LogP contribution in [-0.2, 0) is 6.54 Å². The fourth-order valence-corrected chi connectivity index (χ4v) is 3.36. The SMILES string of the molecule is CCC1(C)CN(Cc2cc(C)ccc2C)C(C(C)C)CN1. The highest BCUT2D eigenvalue weighted by atomic mass is 15.3. The standard InChI is InChI=1S/C19H32N2/c1-7-19(6)13-21(18(11-20-19)14(2)3)12-17-10-15(4)8-9-16(17)5/h8-10,14,18,20H,7,11-13H2,1-6H3. The molecule has 118 valence electrons. The molecule has 0 bridgehead atoms. The normalized spacial score (nSPS) is 27.3. The minimum absolute atomic E-state index is 0.253. The summed E-state index contributed by atoms with van der Waals surface area (Å²) < 4.78 is 0. The van der Waals surface area contributed by atoms with Crippen LogP contribution in [0.25, 0.3) is 0 Å². The maximum absolute atomic E-state index is 3.78. The van der Waals surface area contributed by atoms with Crippen LogP contribution in [0.15, 0.2) is 18.2 Å². The van der Waals surface area contributed by atoms with E-state index in [2.05, 4.69) is 70.0 Å². The molecule has 0 spiro atoms. The first-order valence-electron chi connectivity index (χ1n) is 8.40. The van der Waals surface area contributed by atoms with Gasteiger partial charge in [0.05, 0.1) is 0 Å². The lowest BCUT2D eigenvalue weighted by Gasteiger charge is -2.47. The van der Waals surface area contributed by atoms with E-state index in [0.717, 1.165) is 19.6 Å². The first kappa shape index (κ1) is 16.5. The van der Waals surface area contributed by atoms with Gasteiger partial charge in [0.1, 0.15) is 0 Å². The monoisotopic (exact) mass is 288 g/mol. The molecule has 1 aliphatic rings. The van der Waals surface area contributed by atoms with Crippen molar-refractivity contribution in [3.63, 3.8) is 0 Å². The molecule has 1 N–H and O–H groups in total. The third kappa shape index (κ3) is 3.87. The van der Waals surface area contributed by atoms with Crippen molar-refractivity contribution in [1.82, 2.24) is 10.2 Å². The highest BCUT2D eigenvalue weighted by Crippen LogP contribution is 2.25. The molecule has 1 saturated heterocycles. The number of aryl methyl sites for hydroxylation is 2. The molecule has 0 aliphatic carbocycles. The third-order valence-electron chi connectivity index (χ3n) is 5.19. The second-order valence-corrected chi connectivity index (χ2v) is 7.44. The fourth-order valence-electron chi connectivity index (χ4n) is 3.36. The summed E-state index contributed by atoms with van der Waals surface area (Å²) in [5, 5.41) is 3.78. The molecule has 2 nitrogen and oxygen atoms in total. The zero-order valence-corrected chi connectivity index (χ0v) is 14.7. The average Bonchev–Trinajstić information content (AvgIpc) is 2.43. The van der Waals surface area contributed by atoms with Gasteiger partial charge in [0.2, 0.25) is 0 Å². The quantitative estimate of drug-likeness (QED) is 0.904. The van der Waals surface area contributed by atoms with Gasteiger partial charge in [-0.3, -0.25) is 4.90 Å². The van der Waals surface area contributed by atoms with Gasteiger partial charge in [-0.1, -0.05) is 44.5 Å². The van der Waals surface area contributed by atoms with E-state index in [4.69, 9.17) is 0 Å². The highest BCUT2D eigenvalue weighted by Gasteiger charge is 2.35. The zero-order valence-electron chi connectivity index (χ0n) is 14.7. The topological polar surface area (TPSA) is 15.3 Å². The summed E-state index contributed by atoms with van der Waals surface area (Å²) in [5.74, 6) is 0.684. The number of hydrogen-bond donors (Lipinski definition) is 1. The smallest absolute Gasteiger partial charge is 0.0278 e. The summed E-state index contributed by atoms with van der Waals surface area (Å²) in [6.07, 6.45) is 1.18. The number of hydrogen-bond acceptors (Lipinski definition) is 2.